The number of nitrogens with zero attached hydrogens (tertiary/aromatic N) is 2. The number of carbonyl (C=O) groups is 1. The van der Waals surface area contributed by atoms with Gasteiger partial charge >= 0.3 is 5.97 Å². The van der Waals surface area contributed by atoms with Gasteiger partial charge in [0.25, 0.3) is 0 Å². The fraction of sp³-hybridized carbons (Fsp3) is 0.229. The Balaban J connectivity index is 1.22. The average molecular weight is 546 g/mol. The molecule has 0 atom stereocenters. The number of benzene rings is 4. The quantitative estimate of drug-likeness (QED) is 0.217. The molecule has 41 heavy (non-hydrogen) atoms. The highest BCUT2D eigenvalue weighted by molar-refractivity contribution is 5.86. The number of rotatable bonds is 10. The van der Waals surface area contributed by atoms with Crippen molar-refractivity contribution in [2.75, 3.05) is 26.2 Å². The van der Waals surface area contributed by atoms with Gasteiger partial charge in [0.05, 0.1) is 11.9 Å². The minimum absolute atomic E-state index is 0.174. The van der Waals surface area contributed by atoms with Crippen LogP contribution in [-0.4, -0.2) is 41.8 Å². The van der Waals surface area contributed by atoms with E-state index < -0.39 is 0 Å². The Labute approximate surface area is 241 Å². The van der Waals surface area contributed by atoms with E-state index >= 15 is 0 Å². The summed E-state index contributed by atoms with van der Waals surface area (Å²) in [6, 6.07) is 35.2. The predicted molar refractivity (Wildman–Crippen MR) is 162 cm³/mol. The lowest BCUT2D eigenvalue weighted by Gasteiger charge is -2.25. The lowest BCUT2D eigenvalue weighted by molar-refractivity contribution is -0.192. The molecule has 6 rings (SSSR count). The Morgan fingerprint density at radius 3 is 2.20 bits per heavy atom. The van der Waals surface area contributed by atoms with Crippen molar-refractivity contribution in [2.24, 2.45) is 0 Å². The Morgan fingerprint density at radius 1 is 0.732 bits per heavy atom. The highest BCUT2D eigenvalue weighted by Gasteiger charge is 2.16. The highest BCUT2D eigenvalue weighted by Crippen LogP contribution is 2.29. The van der Waals surface area contributed by atoms with Crippen molar-refractivity contribution in [1.29, 1.82) is 0 Å². The van der Waals surface area contributed by atoms with Gasteiger partial charge in [-0.3, -0.25) is 4.79 Å². The standard InChI is InChI=1S/C35H35N3O3/c39-35(41-37-23-21-36-22-24-37)20-13-28-12-19-34-33(25-28)29(14-11-27-7-3-1-4-8-27)26-38(34)30-15-17-32(18-16-30)40-31-9-5-2-6-10-31/h1-10,12,15-19,25-26,36H,11,13-14,20-24H2. The molecule has 4 aromatic carbocycles. The van der Waals surface area contributed by atoms with Crippen molar-refractivity contribution in [1.82, 2.24) is 14.9 Å². The maximum absolute atomic E-state index is 12.5. The lowest BCUT2D eigenvalue weighted by Crippen LogP contribution is -2.44. The molecule has 6 nitrogen and oxygen atoms in total. The summed E-state index contributed by atoms with van der Waals surface area (Å²) in [5, 5.41) is 6.26. The number of para-hydroxylation sites is 1. The van der Waals surface area contributed by atoms with Gasteiger partial charge in [-0.25, -0.2) is 0 Å². The second kappa shape index (κ2) is 12.9. The minimum Gasteiger partial charge on any atom is -0.457 e. The van der Waals surface area contributed by atoms with E-state index in [1.54, 1.807) is 5.06 Å². The van der Waals surface area contributed by atoms with Gasteiger partial charge < -0.3 is 19.5 Å². The van der Waals surface area contributed by atoms with E-state index in [1.807, 2.05) is 42.5 Å². The van der Waals surface area contributed by atoms with Crippen LogP contribution in [0.15, 0.2) is 109 Å². The second-order valence-corrected chi connectivity index (χ2v) is 10.4. The predicted octanol–water partition coefficient (Wildman–Crippen LogP) is 6.50. The third-order valence-electron chi connectivity index (χ3n) is 7.50. The molecule has 0 amide bonds. The van der Waals surface area contributed by atoms with Crippen molar-refractivity contribution >= 4 is 16.9 Å². The zero-order valence-electron chi connectivity index (χ0n) is 23.2. The Bertz CT molecular complexity index is 1570. The van der Waals surface area contributed by atoms with Crippen LogP contribution in [0.25, 0.3) is 16.6 Å². The first-order valence-electron chi connectivity index (χ1n) is 14.4. The van der Waals surface area contributed by atoms with Crippen LogP contribution in [0.1, 0.15) is 23.1 Å². The van der Waals surface area contributed by atoms with Gasteiger partial charge in [0.1, 0.15) is 11.5 Å². The summed E-state index contributed by atoms with van der Waals surface area (Å²) in [6.07, 6.45) is 5.15. The summed E-state index contributed by atoms with van der Waals surface area (Å²) in [7, 11) is 0. The molecule has 208 valence electrons. The topological polar surface area (TPSA) is 55.7 Å². The average Bonchev–Trinajstić information content (AvgIpc) is 3.39. The summed E-state index contributed by atoms with van der Waals surface area (Å²) in [5.41, 5.74) is 5.98. The molecule has 0 saturated carbocycles. The van der Waals surface area contributed by atoms with Crippen molar-refractivity contribution in [3.8, 4) is 17.2 Å². The molecule has 1 aliphatic rings. The number of hydrogen-bond acceptors (Lipinski definition) is 5. The monoisotopic (exact) mass is 545 g/mol. The minimum atomic E-state index is -0.174. The van der Waals surface area contributed by atoms with Crippen molar-refractivity contribution in [2.45, 2.75) is 25.7 Å². The van der Waals surface area contributed by atoms with Gasteiger partial charge in [0.2, 0.25) is 0 Å². The van der Waals surface area contributed by atoms with E-state index in [9.17, 15) is 4.79 Å². The first-order valence-corrected chi connectivity index (χ1v) is 14.4. The fourth-order valence-electron chi connectivity index (χ4n) is 5.31. The number of carbonyl (C=O) groups excluding carboxylic acids is 1. The molecule has 1 aromatic heterocycles. The molecular weight excluding hydrogens is 510 g/mol. The fourth-order valence-corrected chi connectivity index (χ4v) is 5.31. The Morgan fingerprint density at radius 2 is 1.44 bits per heavy atom. The van der Waals surface area contributed by atoms with Crippen molar-refractivity contribution in [3.05, 3.63) is 126 Å². The molecular formula is C35H35N3O3. The summed E-state index contributed by atoms with van der Waals surface area (Å²) in [5.74, 6) is 1.45. The smallest absolute Gasteiger partial charge is 0.325 e. The number of piperazine rings is 1. The number of ether oxygens (including phenoxy) is 1. The molecule has 0 unspecified atom stereocenters. The third-order valence-corrected chi connectivity index (χ3v) is 7.50. The van der Waals surface area contributed by atoms with E-state index in [0.29, 0.717) is 12.8 Å². The number of hydrogen-bond donors (Lipinski definition) is 1. The first kappa shape index (κ1) is 26.8. The van der Waals surface area contributed by atoms with E-state index in [1.165, 1.54) is 16.5 Å². The van der Waals surface area contributed by atoms with E-state index in [-0.39, 0.29) is 5.97 Å². The highest BCUT2D eigenvalue weighted by atomic mass is 16.7. The van der Waals surface area contributed by atoms with Crippen LogP contribution in [0, 0.1) is 0 Å². The molecule has 2 heterocycles. The molecule has 0 bridgehead atoms. The summed E-state index contributed by atoms with van der Waals surface area (Å²) >= 11 is 0. The number of aromatic nitrogens is 1. The summed E-state index contributed by atoms with van der Waals surface area (Å²) < 4.78 is 8.26. The van der Waals surface area contributed by atoms with Crippen LogP contribution < -0.4 is 10.1 Å². The largest absolute Gasteiger partial charge is 0.457 e. The van der Waals surface area contributed by atoms with Gasteiger partial charge in [-0.15, -0.1) is 5.06 Å². The molecule has 0 aliphatic carbocycles. The van der Waals surface area contributed by atoms with Gasteiger partial charge in [-0.1, -0.05) is 54.6 Å². The van der Waals surface area contributed by atoms with Crippen LogP contribution in [-0.2, 0) is 28.9 Å². The van der Waals surface area contributed by atoms with E-state index in [0.717, 1.165) is 67.3 Å². The van der Waals surface area contributed by atoms with Gasteiger partial charge in [0.15, 0.2) is 0 Å². The van der Waals surface area contributed by atoms with Gasteiger partial charge in [0, 0.05) is 43.4 Å². The van der Waals surface area contributed by atoms with Crippen LogP contribution in [0.4, 0.5) is 0 Å². The normalized spacial score (nSPS) is 13.8. The number of hydroxylamine groups is 2. The Hall–Kier alpha value is -4.39. The van der Waals surface area contributed by atoms with E-state index in [2.05, 4.69) is 76.7 Å². The molecule has 1 aliphatic heterocycles. The number of nitrogens with one attached hydrogen (secondary N) is 1. The van der Waals surface area contributed by atoms with Crippen LogP contribution in [0.3, 0.4) is 0 Å². The summed E-state index contributed by atoms with van der Waals surface area (Å²) in [4.78, 5) is 18.1. The molecule has 6 heteroatoms. The third kappa shape index (κ3) is 6.85. The number of fused-ring (bicyclic) bond motifs is 1. The van der Waals surface area contributed by atoms with Crippen molar-refractivity contribution in [3.63, 3.8) is 0 Å². The van der Waals surface area contributed by atoms with E-state index in [4.69, 9.17) is 9.57 Å². The van der Waals surface area contributed by atoms with Crippen molar-refractivity contribution < 1.29 is 14.4 Å². The van der Waals surface area contributed by atoms with Gasteiger partial charge in [-0.05, 0) is 84.5 Å². The molecule has 1 fully saturated rings. The first-order chi connectivity index (χ1) is 20.2. The zero-order chi connectivity index (χ0) is 27.9. The van der Waals surface area contributed by atoms with Gasteiger partial charge in [-0.2, -0.15) is 0 Å². The SMILES string of the molecule is O=C(CCc1ccc2c(c1)c(CCc1ccccc1)cn2-c1ccc(Oc2ccccc2)cc1)ON1CCNCC1. The van der Waals surface area contributed by atoms with Crippen LogP contribution in [0.2, 0.25) is 0 Å². The molecule has 1 N–H and O–H groups in total. The second-order valence-electron chi connectivity index (χ2n) is 10.4. The summed E-state index contributed by atoms with van der Waals surface area (Å²) in [6.45, 7) is 3.15. The van der Waals surface area contributed by atoms with Crippen LogP contribution >= 0.6 is 0 Å². The maximum atomic E-state index is 12.5. The molecule has 0 radical (unpaired) electrons. The zero-order valence-corrected chi connectivity index (χ0v) is 23.2. The molecule has 1 saturated heterocycles. The maximum Gasteiger partial charge on any atom is 0.325 e. The Kier molecular flexibility index (Phi) is 8.41. The number of aryl methyl sites for hydroxylation is 3. The molecule has 5 aromatic rings. The van der Waals surface area contributed by atoms with Crippen LogP contribution in [0.5, 0.6) is 11.5 Å². The lowest BCUT2D eigenvalue weighted by atomic mass is 10.0. The molecule has 0 spiro atoms.